The van der Waals surface area contributed by atoms with Gasteiger partial charge in [-0.05, 0) is 36.8 Å². The maximum absolute atomic E-state index is 13.5. The van der Waals surface area contributed by atoms with Crippen LogP contribution >= 0.6 is 11.6 Å². The first-order valence-corrected chi connectivity index (χ1v) is 11.0. The molecule has 2 aromatic carbocycles. The molecule has 2 aliphatic rings. The summed E-state index contributed by atoms with van der Waals surface area (Å²) in [5.41, 5.74) is 0.515. The number of carbonyl (C=O) groups excluding carboxylic acids is 1. The van der Waals surface area contributed by atoms with Gasteiger partial charge in [-0.2, -0.15) is 4.31 Å². The molecule has 0 unspecified atom stereocenters. The number of sulfonamides is 1. The van der Waals surface area contributed by atoms with E-state index in [0.717, 1.165) is 5.56 Å². The highest BCUT2D eigenvalue weighted by Gasteiger charge is 2.44. The van der Waals surface area contributed by atoms with Crippen LogP contribution in [-0.4, -0.2) is 43.1 Å². The van der Waals surface area contributed by atoms with E-state index in [0.29, 0.717) is 23.4 Å². The van der Waals surface area contributed by atoms with Crippen molar-refractivity contribution in [3.05, 3.63) is 64.4 Å². The van der Waals surface area contributed by atoms with Gasteiger partial charge in [0.25, 0.3) is 5.91 Å². The molecule has 0 aromatic heterocycles. The van der Waals surface area contributed by atoms with Crippen molar-refractivity contribution in [2.24, 2.45) is 4.99 Å². The number of aliphatic imine (C=N–C) groups is 1. The molecule has 0 saturated carbocycles. The molecule has 2 aliphatic heterocycles. The van der Waals surface area contributed by atoms with Crippen molar-refractivity contribution in [3.8, 4) is 0 Å². The molecule has 1 spiro atoms. The van der Waals surface area contributed by atoms with Gasteiger partial charge < -0.3 is 5.32 Å². The van der Waals surface area contributed by atoms with Crippen molar-refractivity contribution >= 4 is 33.2 Å². The van der Waals surface area contributed by atoms with Crippen LogP contribution in [0.2, 0.25) is 5.02 Å². The number of amides is 1. The first-order chi connectivity index (χ1) is 13.7. The molecule has 4 rings (SSSR count). The van der Waals surface area contributed by atoms with Crippen LogP contribution in [0, 0.1) is 12.7 Å². The van der Waals surface area contributed by atoms with Crippen LogP contribution in [0.3, 0.4) is 0 Å². The lowest BCUT2D eigenvalue weighted by molar-refractivity contribution is -0.115. The summed E-state index contributed by atoms with van der Waals surface area (Å²) < 4.78 is 40.8. The Labute approximate surface area is 173 Å². The van der Waals surface area contributed by atoms with Gasteiger partial charge in [-0.1, -0.05) is 29.8 Å². The lowest BCUT2D eigenvalue weighted by atomic mass is 10.00. The summed E-state index contributed by atoms with van der Waals surface area (Å²) in [6.07, 6.45) is 0.659. The van der Waals surface area contributed by atoms with E-state index in [2.05, 4.69) is 10.3 Å². The number of halogens is 2. The first kappa shape index (κ1) is 20.0. The Bertz CT molecular complexity index is 1130. The number of nitrogens with zero attached hydrogens (tertiary/aromatic N) is 2. The first-order valence-electron chi connectivity index (χ1n) is 9.15. The number of hydrogen-bond acceptors (Lipinski definition) is 4. The smallest absolute Gasteiger partial charge is 0.272 e. The second-order valence-electron chi connectivity index (χ2n) is 7.27. The van der Waals surface area contributed by atoms with Gasteiger partial charge in [-0.25, -0.2) is 12.8 Å². The summed E-state index contributed by atoms with van der Waals surface area (Å²) in [5, 5.41) is 3.25. The average molecular weight is 436 g/mol. The normalized spacial score (nSPS) is 19.3. The molecule has 152 valence electrons. The third kappa shape index (κ3) is 3.68. The number of benzene rings is 2. The van der Waals surface area contributed by atoms with Crippen LogP contribution < -0.4 is 5.32 Å². The Balaban J connectivity index is 1.54. The van der Waals surface area contributed by atoms with E-state index in [-0.39, 0.29) is 29.6 Å². The SMILES string of the molecule is Cc1ccc(S(=O)(=O)N2CCC3(CC2)N=C(c2cccc(F)c2)C(=O)N3)cc1Cl. The molecule has 1 N–H and O–H groups in total. The maximum atomic E-state index is 13.5. The molecule has 9 heteroatoms. The van der Waals surface area contributed by atoms with Crippen LogP contribution in [0.25, 0.3) is 0 Å². The number of hydrogen-bond donors (Lipinski definition) is 1. The quantitative estimate of drug-likeness (QED) is 0.805. The van der Waals surface area contributed by atoms with Crippen LogP contribution in [0.4, 0.5) is 4.39 Å². The molecule has 29 heavy (non-hydrogen) atoms. The van der Waals surface area contributed by atoms with Crippen molar-refractivity contribution in [3.63, 3.8) is 0 Å². The third-order valence-electron chi connectivity index (χ3n) is 5.32. The molecule has 0 atom stereocenters. The van der Waals surface area contributed by atoms with E-state index in [9.17, 15) is 17.6 Å². The van der Waals surface area contributed by atoms with Crippen LogP contribution in [0.15, 0.2) is 52.4 Å². The lowest BCUT2D eigenvalue weighted by Crippen LogP contribution is -2.52. The predicted molar refractivity (Wildman–Crippen MR) is 108 cm³/mol. The average Bonchev–Trinajstić information content (AvgIpc) is 3.00. The Morgan fingerprint density at radius 2 is 1.90 bits per heavy atom. The summed E-state index contributed by atoms with van der Waals surface area (Å²) in [4.78, 5) is 17.1. The van der Waals surface area contributed by atoms with Crippen molar-refractivity contribution in [2.45, 2.75) is 30.3 Å². The summed E-state index contributed by atoms with van der Waals surface area (Å²) in [5.74, 6) is -0.825. The van der Waals surface area contributed by atoms with E-state index in [1.807, 2.05) is 0 Å². The highest BCUT2D eigenvalue weighted by atomic mass is 35.5. The standard InChI is InChI=1S/C20H19ClFN3O3S/c1-13-5-6-16(12-17(13)21)29(27,28)25-9-7-20(8-10-25)23-18(19(26)24-20)14-3-2-4-15(22)11-14/h2-6,11-12H,7-10H2,1H3,(H,24,26). The molecular formula is C20H19ClFN3O3S. The summed E-state index contributed by atoms with van der Waals surface area (Å²) in [6, 6.07) is 10.4. The van der Waals surface area contributed by atoms with Gasteiger partial charge in [-0.15, -0.1) is 0 Å². The number of piperidine rings is 1. The molecule has 6 nitrogen and oxygen atoms in total. The van der Waals surface area contributed by atoms with Crippen LogP contribution in [-0.2, 0) is 14.8 Å². The molecule has 1 fully saturated rings. The van der Waals surface area contributed by atoms with E-state index < -0.39 is 21.5 Å². The van der Waals surface area contributed by atoms with Crippen molar-refractivity contribution in [2.75, 3.05) is 13.1 Å². The molecule has 2 aromatic rings. The molecule has 1 saturated heterocycles. The zero-order chi connectivity index (χ0) is 20.8. The fourth-order valence-electron chi connectivity index (χ4n) is 3.61. The Morgan fingerprint density at radius 3 is 2.55 bits per heavy atom. The summed E-state index contributed by atoms with van der Waals surface area (Å²) in [7, 11) is -3.69. The van der Waals surface area contributed by atoms with Gasteiger partial charge in [0, 0.05) is 36.5 Å². The van der Waals surface area contributed by atoms with Crippen LogP contribution in [0.1, 0.15) is 24.0 Å². The van der Waals surface area contributed by atoms with E-state index in [4.69, 9.17) is 11.6 Å². The highest BCUT2D eigenvalue weighted by molar-refractivity contribution is 7.89. The van der Waals surface area contributed by atoms with E-state index >= 15 is 0 Å². The number of rotatable bonds is 3. The zero-order valence-corrected chi connectivity index (χ0v) is 17.2. The number of aryl methyl sites for hydroxylation is 1. The minimum absolute atomic E-state index is 0.142. The monoisotopic (exact) mass is 435 g/mol. The van der Waals surface area contributed by atoms with Gasteiger partial charge in [0.1, 0.15) is 17.2 Å². The second-order valence-corrected chi connectivity index (χ2v) is 9.62. The summed E-state index contributed by atoms with van der Waals surface area (Å²) in [6.45, 7) is 2.21. The molecular weight excluding hydrogens is 417 g/mol. The van der Waals surface area contributed by atoms with Gasteiger partial charge in [-0.3, -0.25) is 9.79 Å². The Hall–Kier alpha value is -2.29. The largest absolute Gasteiger partial charge is 0.326 e. The second kappa shape index (κ2) is 7.19. The maximum Gasteiger partial charge on any atom is 0.272 e. The van der Waals surface area contributed by atoms with Gasteiger partial charge in [0.15, 0.2) is 0 Å². The minimum atomic E-state index is -3.69. The van der Waals surface area contributed by atoms with Crippen molar-refractivity contribution in [1.82, 2.24) is 9.62 Å². The van der Waals surface area contributed by atoms with Gasteiger partial charge >= 0.3 is 0 Å². The minimum Gasteiger partial charge on any atom is -0.326 e. The Kier molecular flexibility index (Phi) is 4.96. The molecule has 2 heterocycles. The molecule has 0 aliphatic carbocycles. The Morgan fingerprint density at radius 1 is 1.17 bits per heavy atom. The number of carbonyl (C=O) groups is 1. The zero-order valence-electron chi connectivity index (χ0n) is 15.7. The molecule has 0 bridgehead atoms. The molecule has 0 radical (unpaired) electrons. The van der Waals surface area contributed by atoms with Gasteiger partial charge in [0.05, 0.1) is 4.90 Å². The topological polar surface area (TPSA) is 78.8 Å². The third-order valence-corrected chi connectivity index (χ3v) is 7.62. The van der Waals surface area contributed by atoms with Gasteiger partial charge in [0.2, 0.25) is 10.0 Å². The highest BCUT2D eigenvalue weighted by Crippen LogP contribution is 2.32. The van der Waals surface area contributed by atoms with Crippen LogP contribution in [0.5, 0.6) is 0 Å². The number of nitrogens with one attached hydrogen (secondary N) is 1. The van der Waals surface area contributed by atoms with Crippen molar-refractivity contribution < 1.29 is 17.6 Å². The predicted octanol–water partition coefficient (Wildman–Crippen LogP) is 2.89. The molecule has 1 amide bonds. The summed E-state index contributed by atoms with van der Waals surface area (Å²) >= 11 is 6.08. The lowest BCUT2D eigenvalue weighted by Gasteiger charge is -2.36. The fraction of sp³-hybridized carbons (Fsp3) is 0.300. The van der Waals surface area contributed by atoms with E-state index in [1.165, 1.54) is 28.6 Å². The fourth-order valence-corrected chi connectivity index (χ4v) is 5.32. The van der Waals surface area contributed by atoms with E-state index in [1.54, 1.807) is 25.1 Å². The van der Waals surface area contributed by atoms with Crippen molar-refractivity contribution in [1.29, 1.82) is 0 Å².